The van der Waals surface area contributed by atoms with Crippen molar-refractivity contribution in [3.05, 3.63) is 86.9 Å². The largest absolute Gasteiger partial charge is 0.321 e. The van der Waals surface area contributed by atoms with Crippen LogP contribution >= 0.6 is 22.9 Å². The van der Waals surface area contributed by atoms with Crippen molar-refractivity contribution in [2.75, 3.05) is 10.6 Å². The van der Waals surface area contributed by atoms with Crippen LogP contribution in [0.1, 0.15) is 43.8 Å². The number of halogens is 1. The Morgan fingerprint density at radius 1 is 1.00 bits per heavy atom. The number of aromatic nitrogens is 1. The highest BCUT2D eigenvalue weighted by atomic mass is 35.5. The second kappa shape index (κ2) is 9.10. The number of rotatable bonds is 5. The van der Waals surface area contributed by atoms with Gasteiger partial charge >= 0.3 is 0 Å². The molecule has 2 aromatic heterocycles. The Labute approximate surface area is 195 Å². The fourth-order valence-corrected chi connectivity index (χ4v) is 4.93. The second-order valence-electron chi connectivity index (χ2n) is 7.51. The molecule has 7 heteroatoms. The molecule has 0 spiro atoms. The normalized spacial score (nSPS) is 10.9. The van der Waals surface area contributed by atoms with E-state index in [2.05, 4.69) is 22.5 Å². The average molecular weight is 464 g/mol. The fourth-order valence-electron chi connectivity index (χ4n) is 3.56. The molecule has 0 aliphatic carbocycles. The number of carbonyl (C=O) groups is 2. The zero-order valence-electron chi connectivity index (χ0n) is 18.0. The number of benzene rings is 2. The van der Waals surface area contributed by atoms with E-state index in [9.17, 15) is 9.59 Å². The van der Waals surface area contributed by atoms with Gasteiger partial charge in [0.25, 0.3) is 11.8 Å². The Bertz CT molecular complexity index is 1330. The molecule has 4 rings (SSSR count). The van der Waals surface area contributed by atoms with E-state index >= 15 is 0 Å². The molecule has 0 aliphatic rings. The lowest BCUT2D eigenvalue weighted by atomic mass is 10.1. The summed E-state index contributed by atoms with van der Waals surface area (Å²) in [6, 6.07) is 16.5. The van der Waals surface area contributed by atoms with Gasteiger partial charge in [-0.05, 0) is 61.7 Å². The molecule has 0 unspecified atom stereocenters. The SMILES string of the molecule is CCc1ccc(NC(=O)c2sc3nc(C)cc(C)c3c2NC(=O)c2ccccc2Cl)cc1. The fraction of sp³-hybridized carbons (Fsp3) is 0.160. The van der Waals surface area contributed by atoms with Crippen molar-refractivity contribution >= 4 is 56.3 Å². The van der Waals surface area contributed by atoms with Crippen molar-refractivity contribution in [3.63, 3.8) is 0 Å². The molecule has 4 aromatic rings. The third kappa shape index (κ3) is 4.38. The number of pyridine rings is 1. The summed E-state index contributed by atoms with van der Waals surface area (Å²) >= 11 is 7.47. The highest BCUT2D eigenvalue weighted by molar-refractivity contribution is 7.21. The molecule has 0 saturated heterocycles. The van der Waals surface area contributed by atoms with Crippen LogP contribution in [0.25, 0.3) is 10.2 Å². The van der Waals surface area contributed by atoms with E-state index in [1.165, 1.54) is 16.9 Å². The van der Waals surface area contributed by atoms with E-state index in [-0.39, 0.29) is 11.8 Å². The first-order valence-corrected chi connectivity index (χ1v) is 11.4. The minimum absolute atomic E-state index is 0.302. The van der Waals surface area contributed by atoms with Gasteiger partial charge in [0, 0.05) is 16.8 Å². The van der Waals surface area contributed by atoms with Crippen LogP contribution in [0.3, 0.4) is 0 Å². The number of nitrogens with one attached hydrogen (secondary N) is 2. The molecule has 2 aromatic carbocycles. The standard InChI is InChI=1S/C25H22ClN3O2S/c1-4-16-9-11-17(12-10-16)28-24(31)22-21(20-14(2)13-15(3)27-25(20)32-22)29-23(30)18-7-5-6-8-19(18)26/h5-13H,4H2,1-3H3,(H,28,31)(H,29,30). The van der Waals surface area contributed by atoms with Gasteiger partial charge in [-0.3, -0.25) is 9.59 Å². The minimum atomic E-state index is -0.378. The van der Waals surface area contributed by atoms with Gasteiger partial charge in [0.2, 0.25) is 0 Å². The molecule has 2 heterocycles. The number of aryl methyl sites for hydroxylation is 3. The van der Waals surface area contributed by atoms with E-state index in [0.29, 0.717) is 31.7 Å². The van der Waals surface area contributed by atoms with Crippen molar-refractivity contribution in [3.8, 4) is 0 Å². The van der Waals surface area contributed by atoms with Crippen LogP contribution in [0, 0.1) is 13.8 Å². The summed E-state index contributed by atoms with van der Waals surface area (Å²) in [6.45, 7) is 5.93. The quantitative estimate of drug-likeness (QED) is 0.348. The summed E-state index contributed by atoms with van der Waals surface area (Å²) in [6.07, 6.45) is 0.924. The lowest BCUT2D eigenvalue weighted by molar-refractivity contribution is 0.102. The first-order chi connectivity index (χ1) is 15.4. The molecule has 0 saturated carbocycles. The van der Waals surface area contributed by atoms with E-state index in [4.69, 9.17) is 11.6 Å². The smallest absolute Gasteiger partial charge is 0.267 e. The zero-order chi connectivity index (χ0) is 22.8. The van der Waals surface area contributed by atoms with Crippen LogP contribution in [0.2, 0.25) is 5.02 Å². The summed E-state index contributed by atoms with van der Waals surface area (Å²) in [5, 5.41) is 6.96. The Balaban J connectivity index is 1.75. The maximum Gasteiger partial charge on any atom is 0.267 e. The third-order valence-corrected chi connectivity index (χ3v) is 6.58. The first kappa shape index (κ1) is 22.0. The highest BCUT2D eigenvalue weighted by Crippen LogP contribution is 2.38. The van der Waals surface area contributed by atoms with E-state index in [1.807, 2.05) is 44.2 Å². The number of carbonyl (C=O) groups excluding carboxylic acids is 2. The topological polar surface area (TPSA) is 71.1 Å². The maximum atomic E-state index is 13.2. The van der Waals surface area contributed by atoms with Crippen LogP contribution in [0.15, 0.2) is 54.6 Å². The molecule has 0 radical (unpaired) electrons. The summed E-state index contributed by atoms with van der Waals surface area (Å²) in [7, 11) is 0. The van der Waals surface area contributed by atoms with E-state index in [1.54, 1.807) is 24.3 Å². The Kier molecular flexibility index (Phi) is 6.26. The number of fused-ring (bicyclic) bond motifs is 1. The molecular formula is C25H22ClN3O2S. The van der Waals surface area contributed by atoms with Gasteiger partial charge in [-0.1, -0.05) is 42.8 Å². The molecule has 2 amide bonds. The predicted octanol–water partition coefficient (Wildman–Crippen LogP) is 6.63. The lowest BCUT2D eigenvalue weighted by Crippen LogP contribution is -2.17. The first-order valence-electron chi connectivity index (χ1n) is 10.2. The van der Waals surface area contributed by atoms with Crippen molar-refractivity contribution in [2.45, 2.75) is 27.2 Å². The van der Waals surface area contributed by atoms with Crippen molar-refractivity contribution in [2.24, 2.45) is 0 Å². The average Bonchev–Trinajstić information content (AvgIpc) is 3.12. The molecule has 0 fully saturated rings. The predicted molar refractivity (Wildman–Crippen MR) is 132 cm³/mol. The Morgan fingerprint density at radius 2 is 1.72 bits per heavy atom. The van der Waals surface area contributed by atoms with Crippen LogP contribution in [-0.2, 0) is 6.42 Å². The van der Waals surface area contributed by atoms with Gasteiger partial charge in [-0.25, -0.2) is 4.98 Å². The van der Waals surface area contributed by atoms with E-state index in [0.717, 1.165) is 23.1 Å². The molecule has 32 heavy (non-hydrogen) atoms. The number of amides is 2. The minimum Gasteiger partial charge on any atom is -0.321 e. The number of nitrogens with zero attached hydrogens (tertiary/aromatic N) is 1. The van der Waals surface area contributed by atoms with Crippen molar-refractivity contribution in [1.82, 2.24) is 4.98 Å². The zero-order valence-corrected chi connectivity index (χ0v) is 19.5. The van der Waals surface area contributed by atoms with Crippen LogP contribution in [0.4, 0.5) is 11.4 Å². The summed E-state index contributed by atoms with van der Waals surface area (Å²) in [5.41, 5.74) is 4.45. The van der Waals surface area contributed by atoms with Crippen molar-refractivity contribution in [1.29, 1.82) is 0 Å². The number of thiophene rings is 1. The molecule has 0 bridgehead atoms. The van der Waals surface area contributed by atoms with Crippen LogP contribution in [-0.4, -0.2) is 16.8 Å². The number of anilines is 2. The van der Waals surface area contributed by atoms with Gasteiger partial charge < -0.3 is 10.6 Å². The Morgan fingerprint density at radius 3 is 2.41 bits per heavy atom. The lowest BCUT2D eigenvalue weighted by Gasteiger charge is -2.10. The number of hydrogen-bond acceptors (Lipinski definition) is 4. The molecular weight excluding hydrogens is 442 g/mol. The second-order valence-corrected chi connectivity index (χ2v) is 8.91. The monoisotopic (exact) mass is 463 g/mol. The van der Waals surface area contributed by atoms with Gasteiger partial charge in [0.15, 0.2) is 0 Å². The molecule has 2 N–H and O–H groups in total. The van der Waals surface area contributed by atoms with Gasteiger partial charge in [-0.2, -0.15) is 0 Å². The number of hydrogen-bond donors (Lipinski definition) is 2. The Hall–Kier alpha value is -3.22. The molecule has 162 valence electrons. The van der Waals surface area contributed by atoms with Gasteiger partial charge in [0.1, 0.15) is 9.71 Å². The van der Waals surface area contributed by atoms with Gasteiger partial charge in [0.05, 0.1) is 16.3 Å². The van der Waals surface area contributed by atoms with E-state index < -0.39 is 0 Å². The highest BCUT2D eigenvalue weighted by Gasteiger charge is 2.24. The van der Waals surface area contributed by atoms with Gasteiger partial charge in [-0.15, -0.1) is 11.3 Å². The molecule has 0 atom stereocenters. The van der Waals surface area contributed by atoms with Crippen molar-refractivity contribution < 1.29 is 9.59 Å². The van der Waals surface area contributed by atoms with Crippen LogP contribution in [0.5, 0.6) is 0 Å². The molecule has 0 aliphatic heterocycles. The molecule has 5 nitrogen and oxygen atoms in total. The summed E-state index contributed by atoms with van der Waals surface area (Å²) < 4.78 is 0. The third-order valence-electron chi connectivity index (χ3n) is 5.17. The summed E-state index contributed by atoms with van der Waals surface area (Å²) in [5.74, 6) is -0.680. The summed E-state index contributed by atoms with van der Waals surface area (Å²) in [4.78, 5) is 31.9. The van der Waals surface area contributed by atoms with Crippen LogP contribution < -0.4 is 10.6 Å². The maximum absolute atomic E-state index is 13.2.